The lowest BCUT2D eigenvalue weighted by atomic mass is 10.3. The van der Waals surface area contributed by atoms with Crippen LogP contribution in [0.1, 0.15) is 0 Å². The molecule has 0 bridgehead atoms. The highest BCUT2D eigenvalue weighted by molar-refractivity contribution is 7.85. The third-order valence-electron chi connectivity index (χ3n) is 1.80. The molecule has 0 radical (unpaired) electrons. The highest BCUT2D eigenvalue weighted by Gasteiger charge is 2.06. The highest BCUT2D eigenvalue weighted by Crippen LogP contribution is 2.07. The number of carbonyl (C=O) groups is 1. The Kier molecular flexibility index (Phi) is 4.92. The molecular weight excluding hydrogens is 246 g/mol. The first kappa shape index (κ1) is 13.5. The number of nitrogens with one attached hydrogen (secondary N) is 1. The molecule has 0 aromatic heterocycles. The van der Waals surface area contributed by atoms with Gasteiger partial charge in [0.25, 0.3) is 16.0 Å². The largest absolute Gasteiger partial charge is 0.484 e. The van der Waals surface area contributed by atoms with Crippen LogP contribution in [0.25, 0.3) is 0 Å². The third-order valence-corrected chi connectivity index (χ3v) is 2.52. The normalized spacial score (nSPS) is 10.9. The molecule has 17 heavy (non-hydrogen) atoms. The maximum absolute atomic E-state index is 11.2. The number of hydrogen-bond acceptors (Lipinski definition) is 4. The predicted octanol–water partition coefficient (Wildman–Crippen LogP) is 0.0694. The molecule has 0 saturated carbocycles. The smallest absolute Gasteiger partial charge is 0.266 e. The molecule has 0 heterocycles. The molecule has 0 atom stereocenters. The molecule has 0 unspecified atom stereocenters. The van der Waals surface area contributed by atoms with Gasteiger partial charge in [-0.15, -0.1) is 0 Å². The van der Waals surface area contributed by atoms with Crippen molar-refractivity contribution in [3.05, 3.63) is 30.3 Å². The van der Waals surface area contributed by atoms with Crippen LogP contribution in [-0.2, 0) is 14.9 Å². The number of rotatable bonds is 6. The van der Waals surface area contributed by atoms with Crippen molar-refractivity contribution >= 4 is 16.0 Å². The maximum Gasteiger partial charge on any atom is 0.266 e. The number of benzene rings is 1. The number of amides is 1. The molecule has 1 amide bonds. The van der Waals surface area contributed by atoms with Crippen LogP contribution in [0, 0.1) is 0 Å². The topological polar surface area (TPSA) is 92.7 Å². The van der Waals surface area contributed by atoms with E-state index in [0.29, 0.717) is 5.75 Å². The monoisotopic (exact) mass is 259 g/mol. The van der Waals surface area contributed by atoms with Gasteiger partial charge >= 0.3 is 0 Å². The summed E-state index contributed by atoms with van der Waals surface area (Å²) in [6.07, 6.45) is 0. The minimum Gasteiger partial charge on any atom is -0.484 e. The van der Waals surface area contributed by atoms with Crippen LogP contribution in [0.15, 0.2) is 30.3 Å². The molecule has 0 aliphatic heterocycles. The second-order valence-electron chi connectivity index (χ2n) is 3.24. The number of para-hydroxylation sites is 1. The van der Waals surface area contributed by atoms with Crippen LogP contribution < -0.4 is 10.1 Å². The van der Waals surface area contributed by atoms with E-state index in [-0.39, 0.29) is 13.2 Å². The van der Waals surface area contributed by atoms with Gasteiger partial charge in [0.15, 0.2) is 6.61 Å². The van der Waals surface area contributed by atoms with Gasteiger partial charge < -0.3 is 10.1 Å². The fourth-order valence-corrected chi connectivity index (χ4v) is 1.40. The summed E-state index contributed by atoms with van der Waals surface area (Å²) in [5.41, 5.74) is 0. The molecule has 0 spiro atoms. The first-order valence-corrected chi connectivity index (χ1v) is 6.48. The van der Waals surface area contributed by atoms with Crippen LogP contribution in [0.4, 0.5) is 0 Å². The van der Waals surface area contributed by atoms with E-state index in [4.69, 9.17) is 9.29 Å². The van der Waals surface area contributed by atoms with Crippen molar-refractivity contribution in [1.29, 1.82) is 0 Å². The molecule has 1 aromatic carbocycles. The van der Waals surface area contributed by atoms with Crippen molar-refractivity contribution in [2.75, 3.05) is 18.9 Å². The first-order valence-electron chi connectivity index (χ1n) is 4.87. The fraction of sp³-hybridized carbons (Fsp3) is 0.300. The van der Waals surface area contributed by atoms with Crippen molar-refractivity contribution in [3.63, 3.8) is 0 Å². The van der Waals surface area contributed by atoms with Gasteiger partial charge in [0.2, 0.25) is 0 Å². The average Bonchev–Trinajstić information content (AvgIpc) is 2.26. The molecule has 94 valence electrons. The predicted molar refractivity (Wildman–Crippen MR) is 61.4 cm³/mol. The standard InChI is InChI=1S/C10H13NO5S/c12-10(11-6-7-17(13,14)15)8-16-9-4-2-1-3-5-9/h1-5H,6-8H2,(H,11,12)(H,13,14,15). The van der Waals surface area contributed by atoms with Crippen molar-refractivity contribution < 1.29 is 22.5 Å². The quantitative estimate of drug-likeness (QED) is 0.705. The lowest BCUT2D eigenvalue weighted by Crippen LogP contribution is -2.32. The summed E-state index contributed by atoms with van der Waals surface area (Å²) in [4.78, 5) is 11.2. The van der Waals surface area contributed by atoms with Crippen molar-refractivity contribution in [1.82, 2.24) is 5.32 Å². The zero-order valence-corrected chi connectivity index (χ0v) is 9.81. The van der Waals surface area contributed by atoms with E-state index in [1.54, 1.807) is 24.3 Å². The van der Waals surface area contributed by atoms with Crippen molar-refractivity contribution in [2.24, 2.45) is 0 Å². The van der Waals surface area contributed by atoms with Crippen LogP contribution in [0.5, 0.6) is 5.75 Å². The van der Waals surface area contributed by atoms with Gasteiger partial charge in [-0.3, -0.25) is 9.35 Å². The molecule has 1 aromatic rings. The summed E-state index contributed by atoms with van der Waals surface area (Å²) in [6, 6.07) is 8.76. The zero-order chi connectivity index (χ0) is 12.7. The number of hydrogen-bond donors (Lipinski definition) is 2. The molecule has 0 aliphatic carbocycles. The van der Waals surface area contributed by atoms with E-state index in [1.165, 1.54) is 0 Å². The van der Waals surface area contributed by atoms with Gasteiger partial charge in [0.1, 0.15) is 5.75 Å². The first-order chi connectivity index (χ1) is 7.97. The van der Waals surface area contributed by atoms with Crippen LogP contribution >= 0.6 is 0 Å². The molecule has 2 N–H and O–H groups in total. The molecule has 0 fully saturated rings. The fourth-order valence-electron chi connectivity index (χ4n) is 1.04. The lowest BCUT2D eigenvalue weighted by Gasteiger charge is -2.06. The molecule has 6 nitrogen and oxygen atoms in total. The maximum atomic E-state index is 11.2. The second kappa shape index (κ2) is 6.21. The van der Waals surface area contributed by atoms with E-state index < -0.39 is 21.8 Å². The van der Waals surface area contributed by atoms with Crippen LogP contribution in [0.2, 0.25) is 0 Å². The highest BCUT2D eigenvalue weighted by atomic mass is 32.2. The Morgan fingerprint density at radius 1 is 1.29 bits per heavy atom. The third kappa shape index (κ3) is 6.54. The summed E-state index contributed by atoms with van der Waals surface area (Å²) < 4.78 is 34.3. The molecule has 1 rings (SSSR count). The minimum atomic E-state index is -4.04. The van der Waals surface area contributed by atoms with E-state index in [2.05, 4.69) is 5.32 Å². The zero-order valence-electron chi connectivity index (χ0n) is 9.00. The van der Waals surface area contributed by atoms with E-state index >= 15 is 0 Å². The van der Waals surface area contributed by atoms with Crippen molar-refractivity contribution in [2.45, 2.75) is 0 Å². The summed E-state index contributed by atoms with van der Waals surface area (Å²) in [5, 5.41) is 2.31. The Balaban J connectivity index is 2.22. The summed E-state index contributed by atoms with van der Waals surface area (Å²) in [6.45, 7) is -0.342. The van der Waals surface area contributed by atoms with Gasteiger partial charge in [-0.1, -0.05) is 18.2 Å². The summed E-state index contributed by atoms with van der Waals surface area (Å²) in [7, 11) is -4.04. The van der Waals surface area contributed by atoms with Crippen LogP contribution in [-0.4, -0.2) is 37.8 Å². The Hall–Kier alpha value is -1.60. The van der Waals surface area contributed by atoms with Gasteiger partial charge in [0.05, 0.1) is 5.75 Å². The van der Waals surface area contributed by atoms with Gasteiger partial charge in [-0.2, -0.15) is 8.42 Å². The van der Waals surface area contributed by atoms with E-state index in [1.807, 2.05) is 6.07 Å². The molecule has 0 saturated heterocycles. The molecular formula is C10H13NO5S. The molecule has 7 heteroatoms. The van der Waals surface area contributed by atoms with Crippen molar-refractivity contribution in [3.8, 4) is 5.75 Å². The Labute approximate surface area is 99.3 Å². The summed E-state index contributed by atoms with van der Waals surface area (Å²) >= 11 is 0. The van der Waals surface area contributed by atoms with Crippen LogP contribution in [0.3, 0.4) is 0 Å². The molecule has 0 aliphatic rings. The Morgan fingerprint density at radius 3 is 2.53 bits per heavy atom. The van der Waals surface area contributed by atoms with Gasteiger partial charge in [-0.05, 0) is 12.1 Å². The second-order valence-corrected chi connectivity index (χ2v) is 4.81. The SMILES string of the molecule is O=C(COc1ccccc1)NCCS(=O)(=O)O. The van der Waals surface area contributed by atoms with E-state index in [0.717, 1.165) is 0 Å². The van der Waals surface area contributed by atoms with E-state index in [9.17, 15) is 13.2 Å². The van der Waals surface area contributed by atoms with Gasteiger partial charge in [-0.25, -0.2) is 0 Å². The average molecular weight is 259 g/mol. The van der Waals surface area contributed by atoms with Gasteiger partial charge in [0, 0.05) is 6.54 Å². The Bertz CT molecular complexity index is 457. The number of ether oxygens (including phenoxy) is 1. The number of carbonyl (C=O) groups excluding carboxylic acids is 1. The summed E-state index contributed by atoms with van der Waals surface area (Å²) in [5.74, 6) is -0.403. The Morgan fingerprint density at radius 2 is 1.94 bits per heavy atom. The minimum absolute atomic E-state index is 0.143. The lowest BCUT2D eigenvalue weighted by molar-refractivity contribution is -0.122.